The maximum atomic E-state index is 14.4. The van der Waals surface area contributed by atoms with Gasteiger partial charge in [-0.1, -0.05) is 20.8 Å². The van der Waals surface area contributed by atoms with Crippen molar-refractivity contribution in [3.05, 3.63) is 46.9 Å². The number of rotatable bonds is 4. The lowest BCUT2D eigenvalue weighted by Crippen LogP contribution is -2.66. The van der Waals surface area contributed by atoms with Gasteiger partial charge in [-0.15, -0.1) is 0 Å². The van der Waals surface area contributed by atoms with Gasteiger partial charge in [0.25, 0.3) is 11.8 Å². The SMILES string of the molecule is CCCN1C(=O)[C@](NC(=O)c2ccc(F)cc2)(C(F)(F)F)C2=C1CC(C)(C)CC2=O. The number of alkyl halides is 3. The molecule has 2 aliphatic rings. The zero-order chi connectivity index (χ0) is 22.5. The highest BCUT2D eigenvalue weighted by molar-refractivity contribution is 6.14. The quantitative estimate of drug-likeness (QED) is 0.746. The number of allylic oxidation sites excluding steroid dienone is 1. The lowest BCUT2D eigenvalue weighted by Gasteiger charge is -2.35. The van der Waals surface area contributed by atoms with E-state index in [1.54, 1.807) is 26.1 Å². The molecule has 1 aliphatic carbocycles. The van der Waals surface area contributed by atoms with Gasteiger partial charge in [-0.3, -0.25) is 14.4 Å². The monoisotopic (exact) mass is 426 g/mol. The molecular weight excluding hydrogens is 404 g/mol. The summed E-state index contributed by atoms with van der Waals surface area (Å²) in [5, 5.41) is 1.81. The van der Waals surface area contributed by atoms with E-state index in [9.17, 15) is 31.9 Å². The third-order valence-electron chi connectivity index (χ3n) is 5.40. The van der Waals surface area contributed by atoms with Gasteiger partial charge < -0.3 is 10.2 Å². The first-order chi connectivity index (χ1) is 13.8. The van der Waals surface area contributed by atoms with Gasteiger partial charge in [0.2, 0.25) is 5.54 Å². The molecule has 1 heterocycles. The van der Waals surface area contributed by atoms with E-state index in [2.05, 4.69) is 0 Å². The molecule has 0 bridgehead atoms. The summed E-state index contributed by atoms with van der Waals surface area (Å²) in [7, 11) is 0. The third kappa shape index (κ3) is 3.40. The van der Waals surface area contributed by atoms with Crippen molar-refractivity contribution in [1.29, 1.82) is 0 Å². The molecule has 0 saturated heterocycles. The van der Waals surface area contributed by atoms with Gasteiger partial charge in [0.15, 0.2) is 5.78 Å². The van der Waals surface area contributed by atoms with E-state index in [-0.39, 0.29) is 30.6 Å². The fourth-order valence-corrected chi connectivity index (χ4v) is 4.13. The van der Waals surface area contributed by atoms with Gasteiger partial charge in [0.1, 0.15) is 5.82 Å². The number of Topliss-reactive ketones (excluding diaryl/α,β-unsaturated/α-hetero) is 1. The Balaban J connectivity index is 2.18. The van der Waals surface area contributed by atoms with Crippen molar-refractivity contribution in [2.45, 2.75) is 51.7 Å². The number of nitrogens with one attached hydrogen (secondary N) is 1. The number of hydrogen-bond donors (Lipinski definition) is 1. The van der Waals surface area contributed by atoms with E-state index in [0.29, 0.717) is 6.42 Å². The van der Waals surface area contributed by atoms with Crippen molar-refractivity contribution in [1.82, 2.24) is 10.2 Å². The summed E-state index contributed by atoms with van der Waals surface area (Å²) in [4.78, 5) is 39.6. The minimum atomic E-state index is -5.25. The van der Waals surface area contributed by atoms with Gasteiger partial charge in [-0.25, -0.2) is 4.39 Å². The Hall–Kier alpha value is -2.71. The van der Waals surface area contributed by atoms with Crippen LogP contribution in [0.3, 0.4) is 0 Å². The van der Waals surface area contributed by atoms with E-state index in [4.69, 9.17) is 0 Å². The molecule has 30 heavy (non-hydrogen) atoms. The van der Waals surface area contributed by atoms with Crippen LogP contribution >= 0.6 is 0 Å². The second-order valence-electron chi connectivity index (χ2n) is 8.43. The number of ketones is 1. The minimum Gasteiger partial charge on any atom is -0.326 e. The van der Waals surface area contributed by atoms with Crippen LogP contribution in [0, 0.1) is 11.2 Å². The van der Waals surface area contributed by atoms with Crippen LogP contribution in [0.15, 0.2) is 35.5 Å². The standard InChI is InChI=1S/C21H22F4N2O3/c1-4-9-27-14-10-19(2,3)11-15(28)16(14)20(18(27)30,21(23,24)25)26-17(29)12-5-7-13(22)8-6-12/h5-8H,4,9-11H2,1-3H3,(H,26,29)/t20-/m0/s1. The summed E-state index contributed by atoms with van der Waals surface area (Å²) < 4.78 is 56.5. The lowest BCUT2D eigenvalue weighted by atomic mass is 9.72. The first kappa shape index (κ1) is 22.0. The van der Waals surface area contributed by atoms with E-state index in [1.807, 2.05) is 0 Å². The Labute approximate surface area is 171 Å². The van der Waals surface area contributed by atoms with Crippen LogP contribution in [-0.2, 0) is 9.59 Å². The van der Waals surface area contributed by atoms with Crippen molar-refractivity contribution < 1.29 is 31.9 Å². The van der Waals surface area contributed by atoms with Crippen molar-refractivity contribution in [2.24, 2.45) is 5.41 Å². The first-order valence-electron chi connectivity index (χ1n) is 9.57. The van der Waals surface area contributed by atoms with Crippen LogP contribution in [0.4, 0.5) is 17.6 Å². The largest absolute Gasteiger partial charge is 0.425 e. The number of halogens is 4. The molecule has 9 heteroatoms. The van der Waals surface area contributed by atoms with Gasteiger partial charge in [-0.05, 0) is 42.5 Å². The molecule has 1 aromatic rings. The average Bonchev–Trinajstić information content (AvgIpc) is 2.84. The van der Waals surface area contributed by atoms with Crippen molar-refractivity contribution in [2.75, 3.05) is 6.54 Å². The van der Waals surface area contributed by atoms with Crippen LogP contribution in [-0.4, -0.2) is 40.8 Å². The molecule has 0 saturated carbocycles. The molecule has 0 aromatic heterocycles. The molecule has 1 aromatic carbocycles. The smallest absolute Gasteiger partial charge is 0.326 e. The van der Waals surface area contributed by atoms with Crippen molar-refractivity contribution >= 4 is 17.6 Å². The molecule has 2 amide bonds. The summed E-state index contributed by atoms with van der Waals surface area (Å²) >= 11 is 0. The summed E-state index contributed by atoms with van der Waals surface area (Å²) in [6.45, 7) is 5.18. The van der Waals surface area contributed by atoms with Crippen LogP contribution in [0.5, 0.6) is 0 Å². The van der Waals surface area contributed by atoms with Crippen LogP contribution < -0.4 is 5.32 Å². The Morgan fingerprint density at radius 1 is 1.13 bits per heavy atom. The predicted octanol–water partition coefficient (Wildman–Crippen LogP) is 3.75. The maximum absolute atomic E-state index is 14.4. The fraction of sp³-hybridized carbons (Fsp3) is 0.476. The number of carbonyl (C=O) groups is 3. The molecule has 1 atom stereocenters. The molecule has 1 N–H and O–H groups in total. The Kier molecular flexibility index (Phi) is 5.28. The lowest BCUT2D eigenvalue weighted by molar-refractivity contribution is -0.190. The summed E-state index contributed by atoms with van der Waals surface area (Å²) in [5.41, 5.74) is -5.03. The van der Waals surface area contributed by atoms with Crippen molar-refractivity contribution in [3.8, 4) is 0 Å². The van der Waals surface area contributed by atoms with E-state index < -0.39 is 46.1 Å². The summed E-state index contributed by atoms with van der Waals surface area (Å²) in [6, 6.07) is 3.88. The molecule has 0 spiro atoms. The zero-order valence-electron chi connectivity index (χ0n) is 16.8. The molecule has 0 unspecified atom stereocenters. The predicted molar refractivity (Wildman–Crippen MR) is 99.7 cm³/mol. The van der Waals surface area contributed by atoms with Gasteiger partial charge in [0.05, 0.1) is 5.57 Å². The third-order valence-corrected chi connectivity index (χ3v) is 5.40. The molecule has 3 rings (SSSR count). The number of nitrogens with zero attached hydrogens (tertiary/aromatic N) is 1. The first-order valence-corrected chi connectivity index (χ1v) is 9.57. The van der Waals surface area contributed by atoms with E-state index in [0.717, 1.165) is 29.2 Å². The maximum Gasteiger partial charge on any atom is 0.425 e. The number of benzene rings is 1. The normalized spacial score (nSPS) is 23.6. The van der Waals surface area contributed by atoms with E-state index in [1.165, 1.54) is 0 Å². The second kappa shape index (κ2) is 7.21. The van der Waals surface area contributed by atoms with E-state index >= 15 is 0 Å². The topological polar surface area (TPSA) is 66.5 Å². The molecule has 1 aliphatic heterocycles. The Bertz CT molecular complexity index is 935. The highest BCUT2D eigenvalue weighted by atomic mass is 19.4. The van der Waals surface area contributed by atoms with Crippen molar-refractivity contribution in [3.63, 3.8) is 0 Å². The molecule has 0 radical (unpaired) electrons. The highest BCUT2D eigenvalue weighted by Gasteiger charge is 2.71. The molecule has 0 fully saturated rings. The minimum absolute atomic E-state index is 0.00866. The average molecular weight is 426 g/mol. The number of amides is 2. The number of hydrogen-bond acceptors (Lipinski definition) is 3. The van der Waals surface area contributed by atoms with Gasteiger partial charge >= 0.3 is 6.18 Å². The highest BCUT2D eigenvalue weighted by Crippen LogP contribution is 2.51. The molecule has 5 nitrogen and oxygen atoms in total. The van der Waals surface area contributed by atoms with Gasteiger partial charge in [0, 0.05) is 24.2 Å². The van der Waals surface area contributed by atoms with Crippen LogP contribution in [0.25, 0.3) is 0 Å². The zero-order valence-corrected chi connectivity index (χ0v) is 16.8. The number of carbonyl (C=O) groups excluding carboxylic acids is 3. The Morgan fingerprint density at radius 2 is 1.73 bits per heavy atom. The summed E-state index contributed by atoms with van der Waals surface area (Å²) in [6.07, 6.45) is -4.95. The Morgan fingerprint density at radius 3 is 2.27 bits per heavy atom. The second-order valence-corrected chi connectivity index (χ2v) is 8.43. The molecule has 162 valence electrons. The fourth-order valence-electron chi connectivity index (χ4n) is 4.13. The summed E-state index contributed by atoms with van der Waals surface area (Å²) in [5.74, 6) is -4.09. The van der Waals surface area contributed by atoms with Crippen LogP contribution in [0.1, 0.15) is 50.4 Å². The van der Waals surface area contributed by atoms with Crippen LogP contribution in [0.2, 0.25) is 0 Å². The van der Waals surface area contributed by atoms with Gasteiger partial charge in [-0.2, -0.15) is 13.2 Å². The molecular formula is C21H22F4N2O3.